The molecular formula is C21H27N3O2. The Balaban J connectivity index is 1.73. The van der Waals surface area contributed by atoms with Gasteiger partial charge < -0.3 is 10.6 Å². The van der Waals surface area contributed by atoms with Gasteiger partial charge in [0, 0.05) is 26.2 Å². The number of rotatable bonds is 7. The molecule has 1 aliphatic heterocycles. The zero-order chi connectivity index (χ0) is 18.4. The van der Waals surface area contributed by atoms with E-state index in [1.54, 1.807) is 0 Å². The minimum absolute atomic E-state index is 0.0524. The van der Waals surface area contributed by atoms with Crippen LogP contribution in [-0.4, -0.2) is 42.4 Å². The molecule has 1 unspecified atom stereocenters. The summed E-state index contributed by atoms with van der Waals surface area (Å²) in [5, 5.41) is 8.21. The molecule has 26 heavy (non-hydrogen) atoms. The van der Waals surface area contributed by atoms with Gasteiger partial charge in [-0.3, -0.25) is 14.5 Å². The third-order valence-corrected chi connectivity index (χ3v) is 4.93. The van der Waals surface area contributed by atoms with Crippen LogP contribution in [0.4, 0.5) is 0 Å². The van der Waals surface area contributed by atoms with E-state index in [2.05, 4.69) is 46.7 Å². The molecule has 2 aromatic rings. The summed E-state index contributed by atoms with van der Waals surface area (Å²) < 4.78 is 0. The molecule has 1 atom stereocenters. The lowest BCUT2D eigenvalue weighted by Crippen LogP contribution is -2.56. The molecule has 0 aromatic heterocycles. The van der Waals surface area contributed by atoms with Crippen LogP contribution in [0, 0.1) is 0 Å². The number of unbranched alkanes of at least 4 members (excludes halogenated alkanes) is 1. The van der Waals surface area contributed by atoms with Crippen molar-refractivity contribution < 1.29 is 9.59 Å². The molecule has 2 amide bonds. The van der Waals surface area contributed by atoms with Crippen LogP contribution in [0.15, 0.2) is 42.5 Å². The van der Waals surface area contributed by atoms with Crippen molar-refractivity contribution in [1.29, 1.82) is 0 Å². The molecule has 2 N–H and O–H groups in total. The number of hydrogen-bond acceptors (Lipinski definition) is 3. The van der Waals surface area contributed by atoms with Gasteiger partial charge in [-0.1, -0.05) is 55.8 Å². The van der Waals surface area contributed by atoms with Crippen molar-refractivity contribution in [2.75, 3.05) is 19.6 Å². The molecule has 1 aliphatic rings. The number of hydrogen-bond donors (Lipinski definition) is 2. The van der Waals surface area contributed by atoms with Crippen LogP contribution in [0.2, 0.25) is 0 Å². The molecule has 138 valence electrons. The summed E-state index contributed by atoms with van der Waals surface area (Å²) in [5.41, 5.74) is 1.19. The van der Waals surface area contributed by atoms with Gasteiger partial charge in [0.25, 0.3) is 0 Å². The first-order valence-electron chi connectivity index (χ1n) is 9.44. The molecule has 5 nitrogen and oxygen atoms in total. The van der Waals surface area contributed by atoms with Gasteiger partial charge in [0.2, 0.25) is 11.8 Å². The SMILES string of the molecule is CCCCNC(=O)CC1C(=O)NCCN1Cc1cccc2ccccc12. The minimum atomic E-state index is -0.413. The predicted octanol–water partition coefficient (Wildman–Crippen LogP) is 2.45. The molecule has 1 saturated heterocycles. The molecular weight excluding hydrogens is 326 g/mol. The topological polar surface area (TPSA) is 61.4 Å². The number of carbonyl (C=O) groups excluding carboxylic acids is 2. The standard InChI is InChI=1S/C21H27N3O2/c1-2-3-11-22-20(25)14-19-21(26)23-12-13-24(19)15-17-9-6-8-16-7-4-5-10-18(16)17/h4-10,19H,2-3,11-15H2,1H3,(H,22,25)(H,23,26). The van der Waals surface area contributed by atoms with Gasteiger partial charge in [-0.05, 0) is 22.8 Å². The molecule has 0 aliphatic carbocycles. The van der Waals surface area contributed by atoms with Crippen LogP contribution < -0.4 is 10.6 Å². The van der Waals surface area contributed by atoms with Crippen LogP contribution in [-0.2, 0) is 16.1 Å². The molecule has 0 spiro atoms. The van der Waals surface area contributed by atoms with E-state index in [1.807, 2.05) is 18.2 Å². The Labute approximate surface area is 154 Å². The molecule has 1 fully saturated rings. The quantitative estimate of drug-likeness (QED) is 0.752. The maximum Gasteiger partial charge on any atom is 0.237 e. The van der Waals surface area contributed by atoms with Gasteiger partial charge in [-0.25, -0.2) is 0 Å². The molecule has 5 heteroatoms. The van der Waals surface area contributed by atoms with E-state index in [-0.39, 0.29) is 18.2 Å². The zero-order valence-corrected chi connectivity index (χ0v) is 15.3. The first-order chi connectivity index (χ1) is 12.7. The van der Waals surface area contributed by atoms with Crippen molar-refractivity contribution in [3.63, 3.8) is 0 Å². The zero-order valence-electron chi connectivity index (χ0n) is 15.3. The molecule has 1 heterocycles. The van der Waals surface area contributed by atoms with Crippen LogP contribution in [0.25, 0.3) is 10.8 Å². The first-order valence-corrected chi connectivity index (χ1v) is 9.44. The van der Waals surface area contributed by atoms with E-state index >= 15 is 0 Å². The average molecular weight is 353 g/mol. The summed E-state index contributed by atoms with van der Waals surface area (Å²) in [6.07, 6.45) is 2.21. The lowest BCUT2D eigenvalue weighted by molar-refractivity contribution is -0.134. The minimum Gasteiger partial charge on any atom is -0.356 e. The highest BCUT2D eigenvalue weighted by atomic mass is 16.2. The van der Waals surface area contributed by atoms with Crippen molar-refractivity contribution in [3.05, 3.63) is 48.0 Å². The van der Waals surface area contributed by atoms with Crippen molar-refractivity contribution in [3.8, 4) is 0 Å². The number of piperazine rings is 1. The fraction of sp³-hybridized carbons (Fsp3) is 0.429. The second kappa shape index (κ2) is 8.81. The van der Waals surface area contributed by atoms with E-state index in [0.29, 0.717) is 19.6 Å². The molecule has 3 rings (SSSR count). The summed E-state index contributed by atoms with van der Waals surface area (Å²) in [6, 6.07) is 14.1. The Morgan fingerprint density at radius 2 is 2.04 bits per heavy atom. The number of fused-ring (bicyclic) bond motifs is 1. The van der Waals surface area contributed by atoms with Crippen molar-refractivity contribution in [1.82, 2.24) is 15.5 Å². The molecule has 0 radical (unpaired) electrons. The Kier molecular flexibility index (Phi) is 6.23. The largest absolute Gasteiger partial charge is 0.356 e. The van der Waals surface area contributed by atoms with Gasteiger partial charge in [0.1, 0.15) is 0 Å². The first kappa shape index (κ1) is 18.4. The number of benzene rings is 2. The normalized spacial score (nSPS) is 17.9. The fourth-order valence-corrected chi connectivity index (χ4v) is 3.47. The van der Waals surface area contributed by atoms with Gasteiger partial charge in [-0.2, -0.15) is 0 Å². The molecule has 0 saturated carbocycles. The Morgan fingerprint density at radius 3 is 2.88 bits per heavy atom. The fourth-order valence-electron chi connectivity index (χ4n) is 3.47. The highest BCUT2D eigenvalue weighted by Crippen LogP contribution is 2.22. The molecule has 0 bridgehead atoms. The van der Waals surface area contributed by atoms with Gasteiger partial charge in [-0.15, -0.1) is 0 Å². The van der Waals surface area contributed by atoms with Crippen molar-refractivity contribution in [2.45, 2.75) is 38.8 Å². The van der Waals surface area contributed by atoms with Crippen LogP contribution in [0.1, 0.15) is 31.7 Å². The van der Waals surface area contributed by atoms with Gasteiger partial charge in [0.05, 0.1) is 12.5 Å². The van der Waals surface area contributed by atoms with Crippen molar-refractivity contribution >= 4 is 22.6 Å². The molecule has 2 aromatic carbocycles. The van der Waals surface area contributed by atoms with Crippen LogP contribution in [0.5, 0.6) is 0 Å². The van der Waals surface area contributed by atoms with E-state index in [0.717, 1.165) is 19.4 Å². The summed E-state index contributed by atoms with van der Waals surface area (Å²) in [6.45, 7) is 4.81. The monoisotopic (exact) mass is 353 g/mol. The smallest absolute Gasteiger partial charge is 0.237 e. The van der Waals surface area contributed by atoms with Gasteiger partial charge >= 0.3 is 0 Å². The lowest BCUT2D eigenvalue weighted by Gasteiger charge is -2.35. The third kappa shape index (κ3) is 4.41. The summed E-state index contributed by atoms with van der Waals surface area (Å²) in [7, 11) is 0. The van der Waals surface area contributed by atoms with E-state index in [1.165, 1.54) is 16.3 Å². The second-order valence-corrected chi connectivity index (χ2v) is 6.82. The maximum atomic E-state index is 12.4. The summed E-state index contributed by atoms with van der Waals surface area (Å²) in [5.74, 6) is -0.106. The van der Waals surface area contributed by atoms with E-state index < -0.39 is 6.04 Å². The Morgan fingerprint density at radius 1 is 1.23 bits per heavy atom. The number of nitrogens with zero attached hydrogens (tertiary/aromatic N) is 1. The predicted molar refractivity (Wildman–Crippen MR) is 104 cm³/mol. The average Bonchev–Trinajstić information content (AvgIpc) is 2.65. The second-order valence-electron chi connectivity index (χ2n) is 6.82. The Hall–Kier alpha value is -2.40. The van der Waals surface area contributed by atoms with E-state index in [4.69, 9.17) is 0 Å². The Bertz CT molecular complexity index is 769. The van der Waals surface area contributed by atoms with E-state index in [9.17, 15) is 9.59 Å². The van der Waals surface area contributed by atoms with Gasteiger partial charge in [0.15, 0.2) is 0 Å². The van der Waals surface area contributed by atoms with Crippen LogP contribution >= 0.6 is 0 Å². The number of nitrogens with one attached hydrogen (secondary N) is 2. The number of amides is 2. The lowest BCUT2D eigenvalue weighted by atomic mass is 10.0. The summed E-state index contributed by atoms with van der Waals surface area (Å²) in [4.78, 5) is 26.7. The highest BCUT2D eigenvalue weighted by molar-refractivity contribution is 5.89. The maximum absolute atomic E-state index is 12.4. The third-order valence-electron chi connectivity index (χ3n) is 4.93. The highest BCUT2D eigenvalue weighted by Gasteiger charge is 2.31. The van der Waals surface area contributed by atoms with Crippen LogP contribution in [0.3, 0.4) is 0 Å². The van der Waals surface area contributed by atoms with Crippen molar-refractivity contribution in [2.24, 2.45) is 0 Å². The summed E-state index contributed by atoms with van der Waals surface area (Å²) >= 11 is 0. The number of carbonyl (C=O) groups is 2.